The van der Waals surface area contributed by atoms with Crippen molar-refractivity contribution in [2.24, 2.45) is 5.92 Å². The Kier molecular flexibility index (Phi) is 5.76. The molecule has 1 atom stereocenters. The fourth-order valence-corrected chi connectivity index (χ4v) is 3.28. The standard InChI is InChI=1S/C12H24N2O4S/c1-10(2)9-11(12(15)16)13-5-4-6-14(8-7-13)19(3,17)18/h10-11H,4-9H2,1-3H3,(H,15,16). The van der Waals surface area contributed by atoms with Crippen LogP contribution in [0.1, 0.15) is 26.7 Å². The predicted octanol–water partition coefficient (Wildman–Crippen LogP) is 0.453. The van der Waals surface area contributed by atoms with Gasteiger partial charge in [-0.2, -0.15) is 0 Å². The molecule has 1 fully saturated rings. The molecule has 1 N–H and O–H groups in total. The van der Waals surface area contributed by atoms with E-state index in [9.17, 15) is 18.3 Å². The summed E-state index contributed by atoms with van der Waals surface area (Å²) in [5.74, 6) is -0.517. The normalized spacial score (nSPS) is 21.3. The highest BCUT2D eigenvalue weighted by Crippen LogP contribution is 2.15. The van der Waals surface area contributed by atoms with Crippen molar-refractivity contribution in [1.29, 1.82) is 0 Å². The Morgan fingerprint density at radius 3 is 2.32 bits per heavy atom. The zero-order valence-electron chi connectivity index (χ0n) is 11.9. The Labute approximate surface area is 115 Å². The first-order valence-corrected chi connectivity index (χ1v) is 8.48. The van der Waals surface area contributed by atoms with Crippen molar-refractivity contribution in [3.8, 4) is 0 Å². The Bertz CT molecular complexity index is 408. The minimum Gasteiger partial charge on any atom is -0.480 e. The quantitative estimate of drug-likeness (QED) is 0.796. The van der Waals surface area contributed by atoms with Gasteiger partial charge < -0.3 is 5.11 Å². The van der Waals surface area contributed by atoms with E-state index >= 15 is 0 Å². The molecule has 1 rings (SSSR count). The van der Waals surface area contributed by atoms with Crippen molar-refractivity contribution in [2.45, 2.75) is 32.7 Å². The van der Waals surface area contributed by atoms with Gasteiger partial charge in [-0.25, -0.2) is 12.7 Å². The van der Waals surface area contributed by atoms with Crippen molar-refractivity contribution in [1.82, 2.24) is 9.21 Å². The lowest BCUT2D eigenvalue weighted by Gasteiger charge is -2.28. The van der Waals surface area contributed by atoms with Crippen LogP contribution in [0.2, 0.25) is 0 Å². The van der Waals surface area contributed by atoms with E-state index in [-0.39, 0.29) is 0 Å². The minimum atomic E-state index is -3.18. The third kappa shape index (κ3) is 5.08. The molecule has 0 radical (unpaired) electrons. The van der Waals surface area contributed by atoms with Gasteiger partial charge in [-0.15, -0.1) is 0 Å². The number of carboxylic acids is 1. The molecule has 0 amide bonds. The van der Waals surface area contributed by atoms with Crippen molar-refractivity contribution >= 4 is 16.0 Å². The Morgan fingerprint density at radius 2 is 1.84 bits per heavy atom. The fraction of sp³-hybridized carbons (Fsp3) is 0.917. The summed E-state index contributed by atoms with van der Waals surface area (Å²) < 4.78 is 24.5. The molecule has 0 saturated carbocycles. The van der Waals surface area contributed by atoms with Crippen LogP contribution in [0.25, 0.3) is 0 Å². The van der Waals surface area contributed by atoms with Crippen LogP contribution in [0.4, 0.5) is 0 Å². The summed E-state index contributed by atoms with van der Waals surface area (Å²) in [7, 11) is -3.18. The van der Waals surface area contributed by atoms with Crippen LogP contribution >= 0.6 is 0 Å². The average molecular weight is 292 g/mol. The highest BCUT2D eigenvalue weighted by Gasteiger charge is 2.29. The maximum Gasteiger partial charge on any atom is 0.320 e. The van der Waals surface area contributed by atoms with Crippen LogP contribution in [0, 0.1) is 5.92 Å². The second-order valence-electron chi connectivity index (χ2n) is 5.54. The van der Waals surface area contributed by atoms with Gasteiger partial charge in [-0.3, -0.25) is 9.69 Å². The first kappa shape index (κ1) is 16.4. The van der Waals surface area contributed by atoms with Crippen molar-refractivity contribution in [3.63, 3.8) is 0 Å². The van der Waals surface area contributed by atoms with Gasteiger partial charge in [0.2, 0.25) is 10.0 Å². The van der Waals surface area contributed by atoms with Crippen LogP contribution in [0.3, 0.4) is 0 Å². The zero-order valence-corrected chi connectivity index (χ0v) is 12.7. The number of sulfonamides is 1. The van der Waals surface area contributed by atoms with E-state index in [0.29, 0.717) is 44.9 Å². The second-order valence-corrected chi connectivity index (χ2v) is 7.52. The summed E-state index contributed by atoms with van der Waals surface area (Å²) in [5, 5.41) is 9.32. The maximum atomic E-state index is 11.5. The summed E-state index contributed by atoms with van der Waals surface area (Å²) in [6, 6.07) is -0.514. The number of carbonyl (C=O) groups is 1. The lowest BCUT2D eigenvalue weighted by molar-refractivity contribution is -0.143. The molecular weight excluding hydrogens is 268 g/mol. The fourth-order valence-electron chi connectivity index (χ4n) is 2.41. The maximum absolute atomic E-state index is 11.5. The van der Waals surface area contributed by atoms with E-state index in [1.54, 1.807) is 0 Å². The summed E-state index contributed by atoms with van der Waals surface area (Å²) in [6.07, 6.45) is 2.47. The first-order chi connectivity index (χ1) is 8.71. The van der Waals surface area contributed by atoms with E-state index in [1.807, 2.05) is 18.7 Å². The van der Waals surface area contributed by atoms with Crippen LogP contribution in [-0.2, 0) is 14.8 Å². The number of carboxylic acid groups (broad SMARTS) is 1. The van der Waals surface area contributed by atoms with Crippen LogP contribution in [0.15, 0.2) is 0 Å². The molecular formula is C12H24N2O4S. The molecule has 7 heteroatoms. The van der Waals surface area contributed by atoms with Crippen LogP contribution in [0.5, 0.6) is 0 Å². The highest BCUT2D eigenvalue weighted by molar-refractivity contribution is 7.88. The van der Waals surface area contributed by atoms with Crippen molar-refractivity contribution in [3.05, 3.63) is 0 Å². The number of hydrogen-bond donors (Lipinski definition) is 1. The number of aliphatic carboxylic acids is 1. The largest absolute Gasteiger partial charge is 0.480 e. The molecule has 0 aliphatic carbocycles. The number of nitrogens with zero attached hydrogens (tertiary/aromatic N) is 2. The third-order valence-electron chi connectivity index (χ3n) is 3.38. The van der Waals surface area contributed by atoms with Gasteiger partial charge in [-0.1, -0.05) is 13.8 Å². The van der Waals surface area contributed by atoms with Gasteiger partial charge in [0.25, 0.3) is 0 Å². The van der Waals surface area contributed by atoms with Crippen molar-refractivity contribution in [2.75, 3.05) is 32.4 Å². The third-order valence-corrected chi connectivity index (χ3v) is 4.68. The number of rotatable bonds is 5. The Balaban J connectivity index is 2.71. The van der Waals surface area contributed by atoms with Gasteiger partial charge in [-0.05, 0) is 18.8 Å². The molecule has 1 heterocycles. The van der Waals surface area contributed by atoms with Crippen molar-refractivity contribution < 1.29 is 18.3 Å². The monoisotopic (exact) mass is 292 g/mol. The molecule has 0 spiro atoms. The zero-order chi connectivity index (χ0) is 14.6. The average Bonchev–Trinajstić information content (AvgIpc) is 2.49. The predicted molar refractivity (Wildman–Crippen MR) is 73.5 cm³/mol. The molecule has 1 aliphatic rings. The smallest absolute Gasteiger partial charge is 0.320 e. The molecule has 112 valence electrons. The summed E-state index contributed by atoms with van der Waals surface area (Å²) in [4.78, 5) is 13.2. The van der Waals surface area contributed by atoms with Gasteiger partial charge >= 0.3 is 5.97 Å². The van der Waals surface area contributed by atoms with E-state index < -0.39 is 22.0 Å². The van der Waals surface area contributed by atoms with Gasteiger partial charge in [0.05, 0.1) is 6.26 Å². The van der Waals surface area contributed by atoms with E-state index in [0.717, 1.165) is 0 Å². The Hall–Kier alpha value is -0.660. The summed E-state index contributed by atoms with van der Waals surface area (Å²) in [6.45, 7) is 5.96. The highest BCUT2D eigenvalue weighted by atomic mass is 32.2. The summed E-state index contributed by atoms with van der Waals surface area (Å²) in [5.41, 5.74) is 0. The first-order valence-electron chi connectivity index (χ1n) is 6.63. The molecule has 0 aromatic carbocycles. The van der Waals surface area contributed by atoms with Gasteiger partial charge in [0.1, 0.15) is 6.04 Å². The molecule has 1 aliphatic heterocycles. The van der Waals surface area contributed by atoms with E-state index in [2.05, 4.69) is 0 Å². The number of hydrogen-bond acceptors (Lipinski definition) is 4. The van der Waals surface area contributed by atoms with Gasteiger partial charge in [0.15, 0.2) is 0 Å². The van der Waals surface area contributed by atoms with Gasteiger partial charge in [0, 0.05) is 26.2 Å². The lowest BCUT2D eigenvalue weighted by atomic mass is 10.0. The molecule has 0 aromatic heterocycles. The summed E-state index contributed by atoms with van der Waals surface area (Å²) >= 11 is 0. The SMILES string of the molecule is CC(C)CC(C(=O)O)N1CCCN(S(C)(=O)=O)CC1. The topological polar surface area (TPSA) is 77.9 Å². The molecule has 1 unspecified atom stereocenters. The minimum absolute atomic E-state index is 0.301. The Morgan fingerprint density at radius 1 is 1.21 bits per heavy atom. The molecule has 1 saturated heterocycles. The molecule has 0 bridgehead atoms. The second kappa shape index (κ2) is 6.67. The lowest BCUT2D eigenvalue weighted by Crippen LogP contribution is -2.44. The molecule has 0 aromatic rings. The molecule has 6 nitrogen and oxygen atoms in total. The van der Waals surface area contributed by atoms with Crippen LogP contribution < -0.4 is 0 Å². The molecule has 19 heavy (non-hydrogen) atoms. The van der Waals surface area contributed by atoms with E-state index in [1.165, 1.54) is 10.6 Å². The van der Waals surface area contributed by atoms with Crippen LogP contribution in [-0.4, -0.2) is 67.2 Å². The van der Waals surface area contributed by atoms with E-state index in [4.69, 9.17) is 0 Å².